The summed E-state index contributed by atoms with van der Waals surface area (Å²) in [6.45, 7) is 13.3. The topological polar surface area (TPSA) is 79.1 Å². The number of fused-ring (bicyclic) bond motifs is 5. The van der Waals surface area contributed by atoms with Crippen LogP contribution in [0.4, 0.5) is 0 Å². The van der Waals surface area contributed by atoms with E-state index in [9.17, 15) is 15.1 Å². The van der Waals surface area contributed by atoms with Crippen LogP contribution in [0.3, 0.4) is 0 Å². The van der Waals surface area contributed by atoms with Gasteiger partial charge in [-0.1, -0.05) is 59.0 Å². The van der Waals surface area contributed by atoms with E-state index >= 15 is 0 Å². The predicted octanol–water partition coefficient (Wildman–Crippen LogP) is 6.59. The summed E-state index contributed by atoms with van der Waals surface area (Å²) in [7, 11) is 0. The van der Waals surface area contributed by atoms with E-state index < -0.39 is 5.60 Å². The van der Waals surface area contributed by atoms with Crippen LogP contribution in [0.25, 0.3) is 0 Å². The fourth-order valence-electron chi connectivity index (χ4n) is 9.51. The molecular weight excluding hydrogens is 426 g/mol. The molecule has 0 amide bonds. The lowest BCUT2D eigenvalue weighted by atomic mass is 9.42. The predicted molar refractivity (Wildman–Crippen MR) is 135 cm³/mol. The maximum atomic E-state index is 12.0. The van der Waals surface area contributed by atoms with Crippen LogP contribution in [0.15, 0.2) is 5.16 Å². The van der Waals surface area contributed by atoms with E-state index in [4.69, 9.17) is 4.74 Å². The fourth-order valence-corrected chi connectivity index (χ4v) is 9.51. The van der Waals surface area contributed by atoms with Gasteiger partial charge in [0.15, 0.2) is 0 Å². The minimum absolute atomic E-state index is 0.304. The third kappa shape index (κ3) is 4.12. The Bertz CT molecular complexity index is 795. The number of aliphatic hydroxyl groups is 1. The minimum Gasteiger partial charge on any atom is -0.462 e. The molecule has 0 aromatic rings. The second-order valence-corrected chi connectivity index (χ2v) is 13.4. The maximum Gasteiger partial charge on any atom is 0.302 e. The SMILES string of the molecule is CC(=O)O[C@@H]1CC[C@]2(C)[C@H]3CC[C@]4(C)[C@@H]([C@H](C)CCCC(C)C)CC[C@H]4[C@@H]3C/C(=N\O)[C@]2(O)C1. The van der Waals surface area contributed by atoms with E-state index in [0.717, 1.165) is 37.0 Å². The van der Waals surface area contributed by atoms with E-state index in [1.165, 1.54) is 45.4 Å². The lowest BCUT2D eigenvalue weighted by Crippen LogP contribution is -2.67. The highest BCUT2D eigenvalue weighted by Crippen LogP contribution is 2.68. The third-order valence-electron chi connectivity index (χ3n) is 11.3. The van der Waals surface area contributed by atoms with Crippen molar-refractivity contribution in [2.75, 3.05) is 0 Å². The molecule has 4 rings (SSSR count). The molecule has 0 aromatic heterocycles. The first-order valence-electron chi connectivity index (χ1n) is 14.1. The largest absolute Gasteiger partial charge is 0.462 e. The fraction of sp³-hybridized carbons (Fsp3) is 0.931. The molecule has 34 heavy (non-hydrogen) atoms. The van der Waals surface area contributed by atoms with Crippen molar-refractivity contribution in [3.05, 3.63) is 0 Å². The summed E-state index contributed by atoms with van der Waals surface area (Å²) in [4.78, 5) is 11.6. The smallest absolute Gasteiger partial charge is 0.302 e. The van der Waals surface area contributed by atoms with Crippen LogP contribution < -0.4 is 0 Å². The Morgan fingerprint density at radius 3 is 2.47 bits per heavy atom. The molecule has 0 unspecified atom stereocenters. The summed E-state index contributed by atoms with van der Waals surface area (Å²) < 4.78 is 5.52. The van der Waals surface area contributed by atoms with Gasteiger partial charge in [-0.2, -0.15) is 0 Å². The van der Waals surface area contributed by atoms with E-state index in [2.05, 4.69) is 39.8 Å². The zero-order chi connectivity index (χ0) is 24.9. The summed E-state index contributed by atoms with van der Waals surface area (Å²) in [6, 6.07) is 0. The second kappa shape index (κ2) is 9.41. The first-order valence-corrected chi connectivity index (χ1v) is 14.1. The molecule has 5 heteroatoms. The summed E-state index contributed by atoms with van der Waals surface area (Å²) >= 11 is 0. The minimum atomic E-state index is -1.20. The Kier molecular flexibility index (Phi) is 7.19. The van der Waals surface area contributed by atoms with Crippen molar-refractivity contribution in [3.8, 4) is 0 Å². The van der Waals surface area contributed by atoms with Crippen molar-refractivity contribution < 1.29 is 19.8 Å². The van der Waals surface area contributed by atoms with Crippen molar-refractivity contribution in [1.82, 2.24) is 0 Å². The first kappa shape index (κ1) is 26.0. The molecule has 0 spiro atoms. The van der Waals surface area contributed by atoms with Crippen LogP contribution >= 0.6 is 0 Å². The number of carbonyl (C=O) groups excluding carboxylic acids is 1. The molecule has 4 aliphatic carbocycles. The van der Waals surface area contributed by atoms with Gasteiger partial charge in [0.1, 0.15) is 11.7 Å². The molecule has 0 saturated heterocycles. The van der Waals surface area contributed by atoms with Gasteiger partial charge in [0.25, 0.3) is 0 Å². The molecule has 2 N–H and O–H groups in total. The monoisotopic (exact) mass is 475 g/mol. The van der Waals surface area contributed by atoms with Crippen LogP contribution in [0, 0.1) is 46.3 Å². The molecule has 4 fully saturated rings. The first-order chi connectivity index (χ1) is 16.0. The Labute approximate surface area is 207 Å². The van der Waals surface area contributed by atoms with Crippen LogP contribution in [0.2, 0.25) is 0 Å². The molecule has 194 valence electrons. The molecule has 0 aromatic carbocycles. The standard InChI is InChI=1S/C29H49NO4/c1-18(2)8-7-9-19(3)23-10-11-24-22-16-26(30-33)29(32)17-21(34-20(4)31)12-15-28(29,6)25(22)13-14-27(23,24)5/h18-19,21-25,32-33H,7-17H2,1-6H3/b30-26+/t19-,21-,22+,23-,24+,25+,27-,28-,29-/m1/s1. The Morgan fingerprint density at radius 2 is 1.82 bits per heavy atom. The van der Waals surface area contributed by atoms with Gasteiger partial charge >= 0.3 is 5.97 Å². The number of carbonyl (C=O) groups is 1. The van der Waals surface area contributed by atoms with Gasteiger partial charge in [0.2, 0.25) is 0 Å². The Balaban J connectivity index is 1.56. The van der Waals surface area contributed by atoms with Gasteiger partial charge in [0.05, 0.1) is 5.71 Å². The van der Waals surface area contributed by atoms with E-state index in [-0.39, 0.29) is 17.5 Å². The average Bonchev–Trinajstić information content (AvgIpc) is 3.11. The Hall–Kier alpha value is -1.10. The van der Waals surface area contributed by atoms with Crippen LogP contribution in [-0.4, -0.2) is 33.7 Å². The number of hydrogen-bond acceptors (Lipinski definition) is 5. The normalized spacial score (nSPS) is 46.0. The molecule has 0 bridgehead atoms. The van der Waals surface area contributed by atoms with Crippen molar-refractivity contribution in [1.29, 1.82) is 0 Å². The molecule has 0 radical (unpaired) electrons. The molecule has 4 saturated carbocycles. The van der Waals surface area contributed by atoms with Crippen LogP contribution in [0.1, 0.15) is 112 Å². The van der Waals surface area contributed by atoms with Crippen LogP contribution in [0.5, 0.6) is 0 Å². The summed E-state index contributed by atoms with van der Waals surface area (Å²) in [5, 5.41) is 25.8. The van der Waals surface area contributed by atoms with Crippen molar-refractivity contribution in [3.63, 3.8) is 0 Å². The van der Waals surface area contributed by atoms with Gasteiger partial charge in [-0.25, -0.2) is 0 Å². The summed E-state index contributed by atoms with van der Waals surface area (Å²) in [5.74, 6) is 3.53. The highest BCUT2D eigenvalue weighted by atomic mass is 16.5. The number of oxime groups is 1. The van der Waals surface area contributed by atoms with Crippen LogP contribution in [-0.2, 0) is 9.53 Å². The number of ether oxygens (including phenoxy) is 1. The van der Waals surface area contributed by atoms with Crippen molar-refractivity contribution in [2.45, 2.75) is 124 Å². The van der Waals surface area contributed by atoms with Gasteiger partial charge in [-0.15, -0.1) is 0 Å². The summed E-state index contributed by atoms with van der Waals surface area (Å²) in [5.41, 5.74) is -0.654. The molecule has 4 aliphatic rings. The van der Waals surface area contributed by atoms with E-state index in [1.54, 1.807) is 0 Å². The number of esters is 1. The van der Waals surface area contributed by atoms with Gasteiger partial charge in [-0.05, 0) is 85.9 Å². The highest BCUT2D eigenvalue weighted by Gasteiger charge is 2.67. The van der Waals surface area contributed by atoms with E-state index in [1.807, 2.05) is 0 Å². The number of hydrogen-bond donors (Lipinski definition) is 2. The lowest BCUT2D eigenvalue weighted by Gasteiger charge is -2.64. The van der Waals surface area contributed by atoms with Gasteiger partial charge < -0.3 is 15.1 Å². The zero-order valence-corrected chi connectivity index (χ0v) is 22.5. The second-order valence-electron chi connectivity index (χ2n) is 13.4. The quantitative estimate of drug-likeness (QED) is 0.258. The maximum absolute atomic E-state index is 12.0. The Morgan fingerprint density at radius 1 is 1.09 bits per heavy atom. The highest BCUT2D eigenvalue weighted by molar-refractivity contribution is 5.94. The molecule has 5 nitrogen and oxygen atoms in total. The molecule has 9 atom stereocenters. The number of nitrogens with zero attached hydrogens (tertiary/aromatic N) is 1. The summed E-state index contributed by atoms with van der Waals surface area (Å²) in [6.07, 6.45) is 11.2. The number of rotatable bonds is 6. The molecule has 0 aliphatic heterocycles. The van der Waals surface area contributed by atoms with Gasteiger partial charge in [0, 0.05) is 18.8 Å². The molecular formula is C29H49NO4. The molecule has 0 heterocycles. The lowest BCUT2D eigenvalue weighted by molar-refractivity contribution is -0.183. The zero-order valence-electron chi connectivity index (χ0n) is 22.5. The van der Waals surface area contributed by atoms with Gasteiger partial charge in [-0.3, -0.25) is 4.79 Å². The van der Waals surface area contributed by atoms with Crippen molar-refractivity contribution >= 4 is 11.7 Å². The average molecular weight is 476 g/mol. The van der Waals surface area contributed by atoms with E-state index in [0.29, 0.717) is 41.7 Å². The van der Waals surface area contributed by atoms with Crippen molar-refractivity contribution in [2.24, 2.45) is 51.5 Å². The third-order valence-corrected chi connectivity index (χ3v) is 11.3.